The van der Waals surface area contributed by atoms with E-state index in [0.717, 1.165) is 5.56 Å². The van der Waals surface area contributed by atoms with Crippen LogP contribution in [0.3, 0.4) is 0 Å². The Bertz CT molecular complexity index is 1420. The van der Waals surface area contributed by atoms with Crippen molar-refractivity contribution in [2.45, 2.75) is 13.8 Å². The van der Waals surface area contributed by atoms with Gasteiger partial charge < -0.3 is 9.13 Å². The van der Waals surface area contributed by atoms with Gasteiger partial charge in [-0.25, -0.2) is 0 Å². The van der Waals surface area contributed by atoms with Gasteiger partial charge in [-0.1, -0.05) is 24.1 Å². The molecule has 2 heterocycles. The topological polar surface area (TPSA) is 9.86 Å². The molecule has 126 valence electrons. The summed E-state index contributed by atoms with van der Waals surface area (Å²) in [5.41, 5.74) is 7.43. The zero-order chi connectivity index (χ0) is 18.0. The molecule has 0 aliphatic rings. The van der Waals surface area contributed by atoms with Gasteiger partial charge in [0, 0.05) is 57.8 Å². The molecule has 0 atom stereocenters. The van der Waals surface area contributed by atoms with E-state index in [0.29, 0.717) is 0 Å². The number of aryl methyl sites for hydroxylation is 3. The second-order valence-electron chi connectivity index (χ2n) is 7.13. The number of benzene rings is 3. The molecule has 5 aromatic rings. The molecule has 0 saturated heterocycles. The lowest BCUT2D eigenvalue weighted by atomic mass is 10.1. The summed E-state index contributed by atoms with van der Waals surface area (Å²) in [6.45, 7) is 4.03. The molecule has 0 aliphatic carbocycles. The standard InChI is InChI=1S/C24H20N2/c1-5-6-16-8-10-18-20-14-23-19(13-24(20)26(4)22(18)12-16)17-9-7-15(2)11-21(17)25(23)3/h7-14H,1-4H3. The molecule has 0 unspecified atom stereocenters. The SMILES string of the molecule is CC#Cc1ccc2c3cc4c(cc3n(C)c2c1)c1ccc(C)cc1n4C. The molecule has 0 fully saturated rings. The minimum Gasteiger partial charge on any atom is -0.344 e. The third kappa shape index (κ3) is 1.89. The Kier molecular flexibility index (Phi) is 3.00. The van der Waals surface area contributed by atoms with E-state index in [4.69, 9.17) is 0 Å². The van der Waals surface area contributed by atoms with Gasteiger partial charge in [0.05, 0.1) is 5.52 Å². The van der Waals surface area contributed by atoms with Crippen LogP contribution in [0.1, 0.15) is 18.1 Å². The first-order chi connectivity index (χ1) is 12.6. The first-order valence-corrected chi connectivity index (χ1v) is 8.92. The third-order valence-corrected chi connectivity index (χ3v) is 5.56. The number of rotatable bonds is 0. The van der Waals surface area contributed by atoms with Gasteiger partial charge in [-0.05, 0) is 49.7 Å². The minimum absolute atomic E-state index is 1.07. The molecule has 0 aliphatic heterocycles. The van der Waals surface area contributed by atoms with Gasteiger partial charge in [0.25, 0.3) is 0 Å². The maximum absolute atomic E-state index is 3.17. The fourth-order valence-corrected chi connectivity index (χ4v) is 4.23. The van der Waals surface area contributed by atoms with Crippen LogP contribution in [0, 0.1) is 18.8 Å². The molecule has 2 nitrogen and oxygen atoms in total. The zero-order valence-electron chi connectivity index (χ0n) is 15.5. The van der Waals surface area contributed by atoms with Crippen LogP contribution in [0.15, 0.2) is 48.5 Å². The second-order valence-corrected chi connectivity index (χ2v) is 7.13. The van der Waals surface area contributed by atoms with E-state index in [1.54, 1.807) is 0 Å². The van der Waals surface area contributed by atoms with Crippen LogP contribution < -0.4 is 0 Å². The number of aromatic nitrogens is 2. The molecule has 2 heteroatoms. The van der Waals surface area contributed by atoms with Crippen LogP contribution >= 0.6 is 0 Å². The van der Waals surface area contributed by atoms with E-state index in [1.165, 1.54) is 49.2 Å². The molecule has 26 heavy (non-hydrogen) atoms. The third-order valence-electron chi connectivity index (χ3n) is 5.56. The average molecular weight is 336 g/mol. The van der Waals surface area contributed by atoms with Gasteiger partial charge >= 0.3 is 0 Å². The van der Waals surface area contributed by atoms with Gasteiger partial charge in [-0.2, -0.15) is 0 Å². The highest BCUT2D eigenvalue weighted by molar-refractivity contribution is 6.17. The maximum atomic E-state index is 3.17. The molecule has 2 aromatic heterocycles. The summed E-state index contributed by atoms with van der Waals surface area (Å²) >= 11 is 0. The van der Waals surface area contributed by atoms with E-state index < -0.39 is 0 Å². The monoisotopic (exact) mass is 336 g/mol. The molecule has 0 N–H and O–H groups in total. The summed E-state index contributed by atoms with van der Waals surface area (Å²) in [4.78, 5) is 0. The average Bonchev–Trinajstić information content (AvgIpc) is 3.07. The molecule has 0 spiro atoms. The van der Waals surface area contributed by atoms with Crippen molar-refractivity contribution >= 4 is 43.6 Å². The highest BCUT2D eigenvalue weighted by atomic mass is 15.0. The van der Waals surface area contributed by atoms with E-state index >= 15 is 0 Å². The van der Waals surface area contributed by atoms with Crippen molar-refractivity contribution in [2.75, 3.05) is 0 Å². The minimum atomic E-state index is 1.07. The molecule has 3 aromatic carbocycles. The molecule has 0 radical (unpaired) electrons. The van der Waals surface area contributed by atoms with E-state index in [2.05, 4.69) is 90.5 Å². The highest BCUT2D eigenvalue weighted by Crippen LogP contribution is 2.36. The first-order valence-electron chi connectivity index (χ1n) is 8.92. The molecular weight excluding hydrogens is 316 g/mol. The van der Waals surface area contributed by atoms with Crippen LogP contribution in [0.4, 0.5) is 0 Å². The van der Waals surface area contributed by atoms with E-state index in [1.807, 2.05) is 6.92 Å². The summed E-state index contributed by atoms with van der Waals surface area (Å²) in [5, 5.41) is 5.22. The van der Waals surface area contributed by atoms with Crippen molar-refractivity contribution in [3.63, 3.8) is 0 Å². The largest absolute Gasteiger partial charge is 0.344 e. The predicted octanol–water partition coefficient (Wildman–Crippen LogP) is 5.66. The van der Waals surface area contributed by atoms with E-state index in [9.17, 15) is 0 Å². The quantitative estimate of drug-likeness (QED) is 0.323. The van der Waals surface area contributed by atoms with Crippen molar-refractivity contribution in [3.05, 3.63) is 59.7 Å². The number of fused-ring (bicyclic) bond motifs is 6. The number of hydrogen-bond donors (Lipinski definition) is 0. The van der Waals surface area contributed by atoms with Gasteiger partial charge in [0.2, 0.25) is 0 Å². The molecule has 0 bridgehead atoms. The van der Waals surface area contributed by atoms with Gasteiger partial charge in [-0.3, -0.25) is 0 Å². The Morgan fingerprint density at radius 3 is 1.81 bits per heavy atom. The van der Waals surface area contributed by atoms with Crippen molar-refractivity contribution in [2.24, 2.45) is 14.1 Å². The highest BCUT2D eigenvalue weighted by Gasteiger charge is 2.14. The zero-order valence-corrected chi connectivity index (χ0v) is 15.5. The van der Waals surface area contributed by atoms with Crippen molar-refractivity contribution in [1.82, 2.24) is 9.13 Å². The lowest BCUT2D eigenvalue weighted by Gasteiger charge is -2.00. The molecule has 0 amide bonds. The Morgan fingerprint density at radius 2 is 1.19 bits per heavy atom. The Morgan fingerprint density at radius 1 is 0.654 bits per heavy atom. The Balaban J connectivity index is 1.96. The van der Waals surface area contributed by atoms with Gasteiger partial charge in [-0.15, -0.1) is 5.92 Å². The van der Waals surface area contributed by atoms with Crippen LogP contribution in [0.25, 0.3) is 43.6 Å². The van der Waals surface area contributed by atoms with Crippen LogP contribution in [0.5, 0.6) is 0 Å². The second kappa shape index (κ2) is 5.16. The summed E-state index contributed by atoms with van der Waals surface area (Å²) < 4.78 is 4.60. The van der Waals surface area contributed by atoms with Crippen LogP contribution in [0.2, 0.25) is 0 Å². The van der Waals surface area contributed by atoms with Crippen LogP contribution in [-0.4, -0.2) is 9.13 Å². The summed E-state index contributed by atoms with van der Waals surface area (Å²) in [7, 11) is 4.31. The van der Waals surface area contributed by atoms with E-state index in [-0.39, 0.29) is 0 Å². The Hall–Kier alpha value is -3.18. The van der Waals surface area contributed by atoms with Gasteiger partial charge in [0.1, 0.15) is 0 Å². The van der Waals surface area contributed by atoms with Crippen molar-refractivity contribution in [1.29, 1.82) is 0 Å². The fraction of sp³-hybridized carbons (Fsp3) is 0.167. The van der Waals surface area contributed by atoms with Crippen molar-refractivity contribution < 1.29 is 0 Å². The molecule has 0 saturated carbocycles. The fourth-order valence-electron chi connectivity index (χ4n) is 4.23. The summed E-state index contributed by atoms with van der Waals surface area (Å²) in [5.74, 6) is 6.16. The van der Waals surface area contributed by atoms with Gasteiger partial charge in [0.15, 0.2) is 0 Å². The predicted molar refractivity (Wildman–Crippen MR) is 112 cm³/mol. The normalized spacial score (nSPS) is 11.5. The lowest BCUT2D eigenvalue weighted by Crippen LogP contribution is -1.88. The maximum Gasteiger partial charge on any atom is 0.0501 e. The Labute approximate surface area is 152 Å². The van der Waals surface area contributed by atoms with Crippen molar-refractivity contribution in [3.8, 4) is 11.8 Å². The van der Waals surface area contributed by atoms with Crippen LogP contribution in [-0.2, 0) is 14.1 Å². The number of nitrogens with zero attached hydrogens (tertiary/aromatic N) is 2. The summed E-state index contributed by atoms with van der Waals surface area (Å²) in [6, 6.07) is 17.9. The summed E-state index contributed by atoms with van der Waals surface area (Å²) in [6.07, 6.45) is 0. The number of hydrogen-bond acceptors (Lipinski definition) is 0. The lowest BCUT2D eigenvalue weighted by molar-refractivity contribution is 1.01. The smallest absolute Gasteiger partial charge is 0.0501 e. The molecule has 5 rings (SSSR count). The first kappa shape index (κ1) is 15.1. The molecular formula is C24H20N2.